The number of allylic oxidation sites excluding steroid dienone is 8. The van der Waals surface area contributed by atoms with Gasteiger partial charge in [0.25, 0.3) is 0 Å². The molecule has 0 amide bonds. The third-order valence-electron chi connectivity index (χ3n) is 3.16. The number of carbonyl (C=O) groups excluding carboxylic acids is 2. The molecule has 0 bridgehead atoms. The summed E-state index contributed by atoms with van der Waals surface area (Å²) in [5.74, 6) is 0.124. The zero-order valence-corrected chi connectivity index (χ0v) is 22.2. The van der Waals surface area contributed by atoms with Crippen LogP contribution in [0.5, 0.6) is 0 Å². The van der Waals surface area contributed by atoms with Gasteiger partial charge in [-0.05, 0) is 51.7 Å². The Morgan fingerprint density at radius 3 is 1.85 bits per heavy atom. The Labute approximate surface area is 185 Å². The predicted molar refractivity (Wildman–Crippen MR) is 111 cm³/mol. The molecule has 0 rings (SSSR count). The first-order valence-electron chi connectivity index (χ1n) is 9.16. The van der Waals surface area contributed by atoms with Gasteiger partial charge in [-0.3, -0.25) is 11.1 Å². The van der Waals surface area contributed by atoms with Crippen LogP contribution < -0.4 is 5.73 Å². The fourth-order valence-corrected chi connectivity index (χ4v) is 2.10. The van der Waals surface area contributed by atoms with Gasteiger partial charge in [-0.25, -0.2) is 0 Å². The molecule has 0 unspecified atom stereocenters. The van der Waals surface area contributed by atoms with Crippen molar-refractivity contribution < 1.29 is 40.7 Å². The van der Waals surface area contributed by atoms with Crippen molar-refractivity contribution in [2.45, 2.75) is 74.7 Å². The Morgan fingerprint density at radius 1 is 1.04 bits per heavy atom. The van der Waals surface area contributed by atoms with Crippen molar-refractivity contribution in [2.24, 2.45) is 5.73 Å². The molecule has 3 nitrogen and oxygen atoms in total. The zero-order valence-electron chi connectivity index (χ0n) is 18.0. The van der Waals surface area contributed by atoms with E-state index in [1.807, 2.05) is 26.8 Å². The molecule has 0 aliphatic rings. The fraction of sp³-hybridized carbons (Fsp3) is 0.545. The van der Waals surface area contributed by atoms with Gasteiger partial charge in [-0.1, -0.05) is 64.0 Å². The van der Waals surface area contributed by atoms with Gasteiger partial charge in [-0.15, -0.1) is 6.54 Å². The minimum absolute atomic E-state index is 0. The molecule has 2 N–H and O–H groups in total. The van der Waals surface area contributed by atoms with Crippen molar-refractivity contribution in [2.75, 3.05) is 6.54 Å². The minimum atomic E-state index is 0. The summed E-state index contributed by atoms with van der Waals surface area (Å²) in [6.07, 6.45) is 13.0. The molecule has 0 aliphatic heterocycles. The van der Waals surface area contributed by atoms with Gasteiger partial charge < -0.3 is 10.5 Å². The molecular weight excluding hydrogens is 548 g/mol. The molecule has 4 heteroatoms. The molecule has 0 fully saturated rings. The largest absolute Gasteiger partial charge is 0.541 e. The van der Waals surface area contributed by atoms with Gasteiger partial charge in [-0.2, -0.15) is 0 Å². The van der Waals surface area contributed by atoms with Gasteiger partial charge in [0, 0.05) is 36.7 Å². The van der Waals surface area contributed by atoms with Gasteiger partial charge in [0.1, 0.15) is 0 Å². The second kappa shape index (κ2) is 24.3. The number of hydrogen-bond donors (Lipinski definition) is 1. The van der Waals surface area contributed by atoms with Crippen molar-refractivity contribution in [3.63, 3.8) is 0 Å². The number of hydrogen-bond acceptors (Lipinski definition) is 3. The summed E-state index contributed by atoms with van der Waals surface area (Å²) in [6, 6.07) is 0. The van der Waals surface area contributed by atoms with Gasteiger partial charge in [0.15, 0.2) is 5.78 Å². The zero-order chi connectivity index (χ0) is 20.3. The second-order valence-corrected chi connectivity index (χ2v) is 5.25. The van der Waals surface area contributed by atoms with E-state index in [0.29, 0.717) is 0 Å². The maximum absolute atomic E-state index is 11.7. The fourth-order valence-electron chi connectivity index (χ4n) is 2.10. The summed E-state index contributed by atoms with van der Waals surface area (Å²) < 4.78 is 0. The summed E-state index contributed by atoms with van der Waals surface area (Å²) in [4.78, 5) is 20.7. The predicted octanol–water partition coefficient (Wildman–Crippen LogP) is 5.63. The third kappa shape index (κ3) is 18.1. The minimum Gasteiger partial charge on any atom is -0.541 e. The second-order valence-electron chi connectivity index (χ2n) is 5.25. The van der Waals surface area contributed by atoms with Gasteiger partial charge >= 0.3 is 0 Å². The van der Waals surface area contributed by atoms with Crippen molar-refractivity contribution in [1.82, 2.24) is 0 Å². The van der Waals surface area contributed by atoms with Crippen LogP contribution in [0.4, 0.5) is 0 Å². The van der Waals surface area contributed by atoms with Gasteiger partial charge in [0.05, 0.1) is 0 Å². The molecule has 0 saturated heterocycles. The summed E-state index contributed by atoms with van der Waals surface area (Å²) in [6.45, 7) is 16.1. The normalized spacial score (nSPS) is 12.0. The number of Topliss-reactive ketones (excluding diaryl/α,β-unsaturated/α-hetero) is 1. The SMILES string of the molecule is C/C=C(C(C)=O)/C(=C/C=C(/C)CCC)C(/C)=C\CC.CC.NC[C-]=O.[U]. The van der Waals surface area contributed by atoms with Crippen LogP contribution in [0, 0.1) is 31.1 Å². The van der Waals surface area contributed by atoms with E-state index in [-0.39, 0.29) is 43.4 Å². The molecule has 0 atom stereocenters. The molecule has 0 aromatic rings. The van der Waals surface area contributed by atoms with Crippen LogP contribution in [0.25, 0.3) is 0 Å². The van der Waals surface area contributed by atoms with Crippen molar-refractivity contribution in [3.05, 3.63) is 46.6 Å². The van der Waals surface area contributed by atoms with Crippen LogP contribution >= 0.6 is 0 Å². The molecule has 0 spiro atoms. The quantitative estimate of drug-likeness (QED) is 0.228. The van der Waals surface area contributed by atoms with E-state index in [2.05, 4.69) is 51.7 Å². The Bertz CT molecular complexity index is 486. The first-order valence-corrected chi connectivity index (χ1v) is 9.16. The van der Waals surface area contributed by atoms with E-state index in [4.69, 9.17) is 4.79 Å². The van der Waals surface area contributed by atoms with Crippen LogP contribution in [0.15, 0.2) is 46.6 Å². The summed E-state index contributed by atoms with van der Waals surface area (Å²) in [5, 5.41) is 0. The smallest absolute Gasteiger partial charge is 0.160 e. The summed E-state index contributed by atoms with van der Waals surface area (Å²) in [5.41, 5.74) is 8.98. The molecule has 0 radical (unpaired) electrons. The maximum atomic E-state index is 11.7. The third-order valence-corrected chi connectivity index (χ3v) is 3.16. The van der Waals surface area contributed by atoms with Gasteiger partial charge in [0.2, 0.25) is 0 Å². The van der Waals surface area contributed by atoms with E-state index in [1.165, 1.54) is 17.4 Å². The van der Waals surface area contributed by atoms with Crippen molar-refractivity contribution >= 4 is 12.1 Å². The van der Waals surface area contributed by atoms with Crippen LogP contribution in [0.2, 0.25) is 0 Å². The van der Waals surface area contributed by atoms with Crippen LogP contribution in [0.1, 0.15) is 74.7 Å². The summed E-state index contributed by atoms with van der Waals surface area (Å²) >= 11 is 0. The molecule has 0 aliphatic carbocycles. The molecule has 0 aromatic heterocycles. The van der Waals surface area contributed by atoms with Crippen LogP contribution in [0.3, 0.4) is 0 Å². The van der Waals surface area contributed by atoms with Crippen molar-refractivity contribution in [3.8, 4) is 0 Å². The monoisotopic (exact) mass is 586 g/mol. The van der Waals surface area contributed by atoms with E-state index < -0.39 is 0 Å². The van der Waals surface area contributed by atoms with Crippen LogP contribution in [-0.4, -0.2) is 18.6 Å². The Kier molecular flexibility index (Phi) is 30.8. The average molecular weight is 587 g/mol. The first kappa shape index (κ1) is 32.9. The van der Waals surface area contributed by atoms with Crippen LogP contribution in [-0.2, 0) is 9.59 Å². The average Bonchev–Trinajstić information content (AvgIpc) is 2.60. The van der Waals surface area contributed by atoms with E-state index >= 15 is 0 Å². The van der Waals surface area contributed by atoms with E-state index in [0.717, 1.165) is 30.4 Å². The number of ketones is 1. The first-order chi connectivity index (χ1) is 11.9. The number of nitrogens with two attached hydrogens (primary N) is 1. The number of carbonyl (C=O) groups is 1. The Hall–Kier alpha value is -0.688. The molecule has 26 heavy (non-hydrogen) atoms. The van der Waals surface area contributed by atoms with E-state index in [9.17, 15) is 4.79 Å². The summed E-state index contributed by atoms with van der Waals surface area (Å²) in [7, 11) is 0. The standard InChI is InChI=1S/C18H28O.C2H4NO.C2H6.U/c1-7-10-14(4)12-13-18(15(5)11-8-2)17(9-3)16(6)19;3-1-2-4;1-2;/h9,11-13H,7-8,10H2,1-6H3;1,3H2;1-2H3;/q;-1;;/b14-12-,15-11-,17-9+,18-13+;;;. The molecule has 0 heterocycles. The molecule has 148 valence electrons. The van der Waals surface area contributed by atoms with Crippen molar-refractivity contribution in [1.29, 1.82) is 0 Å². The molecule has 0 aromatic carbocycles. The topological polar surface area (TPSA) is 60.2 Å². The Balaban J connectivity index is -0.000000302. The number of rotatable bonds is 8. The molecule has 0 saturated carbocycles. The maximum Gasteiger partial charge on any atom is 0.160 e. The Morgan fingerprint density at radius 2 is 1.54 bits per heavy atom. The molecular formula is C22H38NO2U-. The van der Waals surface area contributed by atoms with E-state index in [1.54, 1.807) is 6.92 Å².